The second-order valence-electron chi connectivity index (χ2n) is 8.23. The van der Waals surface area contributed by atoms with Crippen LogP contribution in [0, 0.1) is 0 Å². The summed E-state index contributed by atoms with van der Waals surface area (Å²) >= 11 is 0. The molecule has 8 heteroatoms. The van der Waals surface area contributed by atoms with E-state index in [9.17, 15) is 9.59 Å². The zero-order valence-electron chi connectivity index (χ0n) is 17.3. The number of carbonyl (C=O) groups excluding carboxylic acids is 2. The van der Waals surface area contributed by atoms with Crippen LogP contribution in [0.5, 0.6) is 11.5 Å². The Balaban J connectivity index is 1.72. The maximum Gasteiger partial charge on any atom is 0.303 e. The second-order valence-corrected chi connectivity index (χ2v) is 8.23. The molecule has 5 rings (SSSR count). The molecule has 0 radical (unpaired) electrons. The van der Waals surface area contributed by atoms with Crippen LogP contribution in [0.2, 0.25) is 0 Å². The van der Waals surface area contributed by atoms with Gasteiger partial charge in [0.1, 0.15) is 11.9 Å². The van der Waals surface area contributed by atoms with Crippen molar-refractivity contribution in [1.82, 2.24) is 4.90 Å². The van der Waals surface area contributed by atoms with Gasteiger partial charge in [-0.05, 0) is 43.2 Å². The first-order valence-corrected chi connectivity index (χ1v) is 10.2. The van der Waals surface area contributed by atoms with Crippen LogP contribution in [-0.2, 0) is 23.8 Å². The van der Waals surface area contributed by atoms with E-state index in [1.165, 1.54) is 13.8 Å². The van der Waals surface area contributed by atoms with Crippen molar-refractivity contribution in [2.45, 2.75) is 50.4 Å². The van der Waals surface area contributed by atoms with E-state index in [2.05, 4.69) is 11.0 Å². The van der Waals surface area contributed by atoms with Crippen LogP contribution >= 0.6 is 0 Å². The maximum absolute atomic E-state index is 12.0. The topological polar surface area (TPSA) is 83.5 Å². The molecule has 1 saturated heterocycles. The quantitative estimate of drug-likeness (QED) is 0.696. The van der Waals surface area contributed by atoms with Crippen molar-refractivity contribution in [1.29, 1.82) is 0 Å². The molecular weight excluding hydrogens is 390 g/mol. The van der Waals surface area contributed by atoms with Crippen LogP contribution in [0.1, 0.15) is 49.8 Å². The average molecular weight is 415 g/mol. The highest BCUT2D eigenvalue weighted by atomic mass is 16.7. The molecule has 1 fully saturated rings. The van der Waals surface area contributed by atoms with Gasteiger partial charge in [-0.2, -0.15) is 0 Å². The number of fused-ring (bicyclic) bond motifs is 3. The zero-order chi connectivity index (χ0) is 21.0. The normalized spacial score (nSPS) is 31.2. The number of methoxy groups -OCH3 is 1. The van der Waals surface area contributed by atoms with Gasteiger partial charge >= 0.3 is 11.9 Å². The molecule has 1 aromatic rings. The summed E-state index contributed by atoms with van der Waals surface area (Å²) in [5, 5.41) is 0. The fraction of sp³-hybridized carbons (Fsp3) is 0.545. The number of ether oxygens (including phenoxy) is 5. The molecule has 30 heavy (non-hydrogen) atoms. The predicted molar refractivity (Wildman–Crippen MR) is 104 cm³/mol. The Hall–Kier alpha value is -2.74. The van der Waals surface area contributed by atoms with Crippen LogP contribution in [0.25, 0.3) is 0 Å². The predicted octanol–water partition coefficient (Wildman–Crippen LogP) is 2.43. The highest BCUT2D eigenvalue weighted by Crippen LogP contribution is 2.57. The lowest BCUT2D eigenvalue weighted by Crippen LogP contribution is -2.47. The average Bonchev–Trinajstić information content (AvgIpc) is 3.36. The van der Waals surface area contributed by atoms with Gasteiger partial charge in [0.15, 0.2) is 17.6 Å². The number of rotatable bonds is 3. The Morgan fingerprint density at radius 2 is 1.80 bits per heavy atom. The minimum absolute atomic E-state index is 0.146. The number of benzene rings is 1. The van der Waals surface area contributed by atoms with Crippen LogP contribution in [-0.4, -0.2) is 55.5 Å². The van der Waals surface area contributed by atoms with E-state index in [0.29, 0.717) is 23.8 Å². The van der Waals surface area contributed by atoms with Crippen molar-refractivity contribution in [2.24, 2.45) is 0 Å². The lowest BCUT2D eigenvalue weighted by Gasteiger charge is -2.39. The Bertz CT molecular complexity index is 942. The first kappa shape index (κ1) is 19.2. The molecule has 8 nitrogen and oxygen atoms in total. The molecule has 160 valence electrons. The van der Waals surface area contributed by atoms with Gasteiger partial charge in [-0.1, -0.05) is 0 Å². The molecule has 4 atom stereocenters. The Morgan fingerprint density at radius 3 is 2.47 bits per heavy atom. The van der Waals surface area contributed by atoms with Crippen LogP contribution < -0.4 is 9.47 Å². The summed E-state index contributed by atoms with van der Waals surface area (Å²) in [7, 11) is 1.60. The molecule has 1 aromatic carbocycles. The zero-order valence-corrected chi connectivity index (χ0v) is 17.3. The van der Waals surface area contributed by atoms with E-state index in [4.69, 9.17) is 23.7 Å². The lowest BCUT2D eigenvalue weighted by atomic mass is 9.77. The number of esters is 2. The van der Waals surface area contributed by atoms with Crippen LogP contribution in [0.4, 0.5) is 0 Å². The molecule has 4 unspecified atom stereocenters. The Kier molecular flexibility index (Phi) is 4.43. The minimum atomic E-state index is -0.566. The summed E-state index contributed by atoms with van der Waals surface area (Å²) in [6.07, 6.45) is 2.96. The SMILES string of the molecule is COC1=CC23CCCN2CC(OC(C)=O)c2cc4c(cc2C3C1OC(C)=O)OCO4. The largest absolute Gasteiger partial charge is 0.497 e. The van der Waals surface area contributed by atoms with Gasteiger partial charge in [0.05, 0.1) is 18.6 Å². The van der Waals surface area contributed by atoms with E-state index in [1.54, 1.807) is 7.11 Å². The first-order chi connectivity index (χ1) is 14.4. The fourth-order valence-electron chi connectivity index (χ4n) is 5.57. The van der Waals surface area contributed by atoms with Gasteiger partial charge in [-0.15, -0.1) is 0 Å². The highest BCUT2D eigenvalue weighted by Gasteiger charge is 2.59. The van der Waals surface area contributed by atoms with Crippen LogP contribution in [0.15, 0.2) is 24.0 Å². The molecule has 3 heterocycles. The standard InChI is InChI=1S/C22H25NO7/c1-12(24)29-19-10-23-6-4-5-22(23)9-18(26-3)21(30-13(2)25)20(22)15-8-17-16(7-14(15)19)27-11-28-17/h7-9,19-21H,4-6,10-11H2,1-3H3. The third-order valence-electron chi connectivity index (χ3n) is 6.59. The summed E-state index contributed by atoms with van der Waals surface area (Å²) in [5.41, 5.74) is 1.41. The molecule has 4 aliphatic rings. The van der Waals surface area contributed by atoms with Crippen LogP contribution in [0.3, 0.4) is 0 Å². The van der Waals surface area contributed by atoms with Gasteiger partial charge in [-0.25, -0.2) is 0 Å². The summed E-state index contributed by atoms with van der Waals surface area (Å²) in [4.78, 5) is 26.2. The van der Waals surface area contributed by atoms with E-state index >= 15 is 0 Å². The van der Waals surface area contributed by atoms with Gasteiger partial charge in [0, 0.05) is 26.0 Å². The third kappa shape index (κ3) is 2.77. The molecule has 0 N–H and O–H groups in total. The smallest absolute Gasteiger partial charge is 0.303 e. The Morgan fingerprint density at radius 1 is 1.10 bits per heavy atom. The van der Waals surface area contributed by atoms with E-state index in [0.717, 1.165) is 30.5 Å². The monoisotopic (exact) mass is 415 g/mol. The summed E-state index contributed by atoms with van der Waals surface area (Å²) in [5.74, 6) is 1.01. The maximum atomic E-state index is 12.0. The van der Waals surface area contributed by atoms with Crippen molar-refractivity contribution in [3.8, 4) is 11.5 Å². The number of hydrogen-bond acceptors (Lipinski definition) is 8. The van der Waals surface area contributed by atoms with E-state index < -0.39 is 12.2 Å². The van der Waals surface area contributed by atoms with Crippen molar-refractivity contribution in [3.05, 3.63) is 35.1 Å². The number of hydrogen-bond donors (Lipinski definition) is 0. The van der Waals surface area contributed by atoms with Crippen molar-refractivity contribution in [3.63, 3.8) is 0 Å². The molecule has 3 aliphatic heterocycles. The van der Waals surface area contributed by atoms with E-state index in [1.807, 2.05) is 12.1 Å². The summed E-state index contributed by atoms with van der Waals surface area (Å²) in [6.45, 7) is 4.37. The summed E-state index contributed by atoms with van der Waals surface area (Å²) < 4.78 is 28.5. The lowest BCUT2D eigenvalue weighted by molar-refractivity contribution is -0.149. The molecule has 0 saturated carbocycles. The second kappa shape index (κ2) is 6.91. The van der Waals surface area contributed by atoms with Crippen molar-refractivity contribution in [2.75, 3.05) is 27.0 Å². The molecular formula is C22H25NO7. The summed E-state index contributed by atoms with van der Waals surface area (Å²) in [6, 6.07) is 3.85. The molecule has 0 amide bonds. The van der Waals surface area contributed by atoms with Gasteiger partial charge in [0.25, 0.3) is 0 Å². The van der Waals surface area contributed by atoms with Gasteiger partial charge < -0.3 is 23.7 Å². The molecule has 0 bridgehead atoms. The van der Waals surface area contributed by atoms with Gasteiger partial charge in [-0.3, -0.25) is 14.5 Å². The third-order valence-corrected chi connectivity index (χ3v) is 6.59. The molecule has 0 aromatic heterocycles. The van der Waals surface area contributed by atoms with Gasteiger partial charge in [0.2, 0.25) is 6.79 Å². The number of nitrogens with zero attached hydrogens (tertiary/aromatic N) is 1. The highest BCUT2D eigenvalue weighted by molar-refractivity contribution is 5.68. The number of carbonyl (C=O) groups is 2. The Labute approximate surface area is 174 Å². The van der Waals surface area contributed by atoms with E-state index in [-0.39, 0.29) is 30.2 Å². The minimum Gasteiger partial charge on any atom is -0.497 e. The molecule has 1 aliphatic carbocycles. The van der Waals surface area contributed by atoms with Crippen molar-refractivity contribution >= 4 is 11.9 Å². The van der Waals surface area contributed by atoms with Crippen molar-refractivity contribution < 1.29 is 33.3 Å². The molecule has 1 spiro atoms. The fourth-order valence-corrected chi connectivity index (χ4v) is 5.57. The first-order valence-electron chi connectivity index (χ1n) is 10.2.